The standard InChI is InChI=1S/C17H13F3O2/c1-11-3-2-4-16-15(11)9-14(22-16)10-21-13-7-5-12(6-8-13)17(18,19)20/h2-9H,10H2,1H3. The predicted molar refractivity (Wildman–Crippen MR) is 76.7 cm³/mol. The molecule has 0 aliphatic carbocycles. The predicted octanol–water partition coefficient (Wildman–Crippen LogP) is 5.34. The van der Waals surface area contributed by atoms with Gasteiger partial charge in [-0.15, -0.1) is 0 Å². The van der Waals surface area contributed by atoms with Gasteiger partial charge < -0.3 is 9.15 Å². The summed E-state index contributed by atoms with van der Waals surface area (Å²) in [6.45, 7) is 2.15. The third kappa shape index (κ3) is 2.93. The minimum absolute atomic E-state index is 0.166. The number of hydrogen-bond acceptors (Lipinski definition) is 2. The van der Waals surface area contributed by atoms with Crippen molar-refractivity contribution in [3.63, 3.8) is 0 Å². The molecule has 0 bridgehead atoms. The molecular weight excluding hydrogens is 293 g/mol. The first kappa shape index (κ1) is 14.5. The van der Waals surface area contributed by atoms with E-state index >= 15 is 0 Å². The molecule has 1 aromatic heterocycles. The molecule has 114 valence electrons. The second-order valence-electron chi connectivity index (χ2n) is 5.01. The fraction of sp³-hybridized carbons (Fsp3) is 0.176. The number of ether oxygens (including phenoxy) is 1. The van der Waals surface area contributed by atoms with Crippen LogP contribution in [-0.2, 0) is 12.8 Å². The third-order valence-electron chi connectivity index (χ3n) is 3.39. The van der Waals surface area contributed by atoms with E-state index in [2.05, 4.69) is 0 Å². The average Bonchev–Trinajstić information content (AvgIpc) is 2.89. The number of halogens is 3. The van der Waals surface area contributed by atoms with E-state index < -0.39 is 11.7 Å². The first-order chi connectivity index (χ1) is 10.4. The molecule has 3 rings (SSSR count). The van der Waals surface area contributed by atoms with Crippen molar-refractivity contribution >= 4 is 11.0 Å². The van der Waals surface area contributed by atoms with Gasteiger partial charge in [0.15, 0.2) is 0 Å². The molecule has 0 saturated carbocycles. The lowest BCUT2D eigenvalue weighted by atomic mass is 10.1. The molecule has 0 N–H and O–H groups in total. The van der Waals surface area contributed by atoms with E-state index in [0.29, 0.717) is 11.5 Å². The number of benzene rings is 2. The van der Waals surface area contributed by atoms with E-state index in [0.717, 1.165) is 28.7 Å². The van der Waals surface area contributed by atoms with Crippen LogP contribution < -0.4 is 4.74 Å². The van der Waals surface area contributed by atoms with Crippen molar-refractivity contribution in [2.75, 3.05) is 0 Å². The molecule has 2 nitrogen and oxygen atoms in total. The van der Waals surface area contributed by atoms with Gasteiger partial charge in [0.2, 0.25) is 0 Å². The number of alkyl halides is 3. The maximum Gasteiger partial charge on any atom is 0.416 e. The fourth-order valence-corrected chi connectivity index (χ4v) is 2.23. The van der Waals surface area contributed by atoms with E-state index in [1.54, 1.807) is 0 Å². The van der Waals surface area contributed by atoms with Crippen LogP contribution in [0.1, 0.15) is 16.9 Å². The average molecular weight is 306 g/mol. The molecule has 0 atom stereocenters. The highest BCUT2D eigenvalue weighted by Gasteiger charge is 2.30. The zero-order chi connectivity index (χ0) is 15.7. The summed E-state index contributed by atoms with van der Waals surface area (Å²) in [7, 11) is 0. The fourth-order valence-electron chi connectivity index (χ4n) is 2.23. The summed E-state index contributed by atoms with van der Waals surface area (Å²) in [6.07, 6.45) is -4.34. The zero-order valence-corrected chi connectivity index (χ0v) is 11.8. The number of furan rings is 1. The molecule has 0 aliphatic rings. The summed E-state index contributed by atoms with van der Waals surface area (Å²) < 4.78 is 48.5. The first-order valence-corrected chi connectivity index (χ1v) is 6.71. The van der Waals surface area contributed by atoms with E-state index in [1.807, 2.05) is 31.2 Å². The van der Waals surface area contributed by atoms with Crippen molar-refractivity contribution in [3.8, 4) is 5.75 Å². The summed E-state index contributed by atoms with van der Waals surface area (Å²) in [6, 6.07) is 12.2. The zero-order valence-electron chi connectivity index (χ0n) is 11.8. The number of fused-ring (bicyclic) bond motifs is 1. The first-order valence-electron chi connectivity index (χ1n) is 6.71. The molecule has 0 unspecified atom stereocenters. The van der Waals surface area contributed by atoms with Crippen molar-refractivity contribution < 1.29 is 22.3 Å². The Balaban J connectivity index is 1.72. The Labute approximate surface area is 125 Å². The Bertz CT molecular complexity index is 786. The topological polar surface area (TPSA) is 22.4 Å². The van der Waals surface area contributed by atoms with Crippen LogP contribution in [0.4, 0.5) is 13.2 Å². The molecule has 0 spiro atoms. The lowest BCUT2D eigenvalue weighted by Gasteiger charge is -2.08. The molecule has 0 aliphatic heterocycles. The van der Waals surface area contributed by atoms with Gasteiger partial charge in [0.1, 0.15) is 23.7 Å². The second-order valence-corrected chi connectivity index (χ2v) is 5.01. The van der Waals surface area contributed by atoms with E-state index in [-0.39, 0.29) is 6.61 Å². The largest absolute Gasteiger partial charge is 0.486 e. The van der Waals surface area contributed by atoms with Crippen molar-refractivity contribution in [1.82, 2.24) is 0 Å². The Kier molecular flexibility index (Phi) is 3.56. The summed E-state index contributed by atoms with van der Waals surface area (Å²) in [5.41, 5.74) is 1.17. The third-order valence-corrected chi connectivity index (χ3v) is 3.39. The smallest absolute Gasteiger partial charge is 0.416 e. The molecule has 0 amide bonds. The van der Waals surface area contributed by atoms with Crippen LogP contribution in [0.25, 0.3) is 11.0 Å². The molecule has 2 aromatic carbocycles. The monoisotopic (exact) mass is 306 g/mol. The molecule has 1 heterocycles. The van der Waals surface area contributed by atoms with Crippen molar-refractivity contribution in [3.05, 3.63) is 65.4 Å². The second kappa shape index (κ2) is 5.40. The Morgan fingerprint density at radius 1 is 1.05 bits per heavy atom. The molecular formula is C17H13F3O2. The summed E-state index contributed by atoms with van der Waals surface area (Å²) >= 11 is 0. The van der Waals surface area contributed by atoms with Gasteiger partial charge in [-0.25, -0.2) is 0 Å². The van der Waals surface area contributed by atoms with Crippen LogP contribution in [0.3, 0.4) is 0 Å². The van der Waals surface area contributed by atoms with Crippen LogP contribution >= 0.6 is 0 Å². The van der Waals surface area contributed by atoms with E-state index in [1.165, 1.54) is 12.1 Å². The van der Waals surface area contributed by atoms with Crippen molar-refractivity contribution in [2.45, 2.75) is 19.7 Å². The molecule has 0 radical (unpaired) electrons. The van der Waals surface area contributed by atoms with Gasteiger partial charge in [-0.3, -0.25) is 0 Å². The SMILES string of the molecule is Cc1cccc2oc(COc3ccc(C(F)(F)F)cc3)cc12. The normalized spacial score (nSPS) is 11.8. The molecule has 0 saturated heterocycles. The van der Waals surface area contributed by atoms with Crippen molar-refractivity contribution in [1.29, 1.82) is 0 Å². The lowest BCUT2D eigenvalue weighted by Crippen LogP contribution is -2.04. The Hall–Kier alpha value is -2.43. The summed E-state index contributed by atoms with van der Waals surface area (Å²) in [5, 5.41) is 1.01. The highest BCUT2D eigenvalue weighted by molar-refractivity contribution is 5.81. The Morgan fingerprint density at radius 3 is 2.41 bits per heavy atom. The highest BCUT2D eigenvalue weighted by Crippen LogP contribution is 2.30. The van der Waals surface area contributed by atoms with Crippen LogP contribution in [0, 0.1) is 6.92 Å². The number of rotatable bonds is 3. The quantitative estimate of drug-likeness (QED) is 0.652. The number of aryl methyl sites for hydroxylation is 1. The van der Waals surface area contributed by atoms with Gasteiger partial charge in [-0.05, 0) is 48.9 Å². The van der Waals surface area contributed by atoms with Gasteiger partial charge >= 0.3 is 6.18 Å². The maximum absolute atomic E-state index is 12.5. The van der Waals surface area contributed by atoms with E-state index in [4.69, 9.17) is 9.15 Å². The minimum atomic E-state index is -4.34. The molecule has 5 heteroatoms. The van der Waals surface area contributed by atoms with Crippen LogP contribution in [0.5, 0.6) is 5.75 Å². The summed E-state index contributed by atoms with van der Waals surface area (Å²) in [5.74, 6) is 0.995. The Morgan fingerprint density at radius 2 is 1.77 bits per heavy atom. The van der Waals surface area contributed by atoms with Crippen LogP contribution in [-0.4, -0.2) is 0 Å². The maximum atomic E-state index is 12.5. The van der Waals surface area contributed by atoms with Gasteiger partial charge in [0.25, 0.3) is 0 Å². The molecule has 0 fully saturated rings. The van der Waals surface area contributed by atoms with Crippen LogP contribution in [0.15, 0.2) is 52.9 Å². The number of hydrogen-bond donors (Lipinski definition) is 0. The van der Waals surface area contributed by atoms with Crippen LogP contribution in [0.2, 0.25) is 0 Å². The van der Waals surface area contributed by atoms with Gasteiger partial charge in [0, 0.05) is 5.39 Å². The van der Waals surface area contributed by atoms with Gasteiger partial charge in [-0.1, -0.05) is 12.1 Å². The molecule has 22 heavy (non-hydrogen) atoms. The lowest BCUT2D eigenvalue weighted by molar-refractivity contribution is -0.137. The van der Waals surface area contributed by atoms with E-state index in [9.17, 15) is 13.2 Å². The minimum Gasteiger partial charge on any atom is -0.486 e. The van der Waals surface area contributed by atoms with Gasteiger partial charge in [0.05, 0.1) is 5.56 Å². The summed E-state index contributed by atoms with van der Waals surface area (Å²) in [4.78, 5) is 0. The highest BCUT2D eigenvalue weighted by atomic mass is 19.4. The van der Waals surface area contributed by atoms with Crippen molar-refractivity contribution in [2.24, 2.45) is 0 Å². The molecule has 3 aromatic rings. The van der Waals surface area contributed by atoms with Gasteiger partial charge in [-0.2, -0.15) is 13.2 Å².